The number of thiophene rings is 1. The third kappa shape index (κ3) is 6.08. The average molecular weight is 560 g/mol. The number of carbonyl (C=O) groups is 3. The van der Waals surface area contributed by atoms with Crippen molar-refractivity contribution < 1.29 is 28.7 Å². The van der Waals surface area contributed by atoms with E-state index in [-0.39, 0.29) is 5.78 Å². The van der Waals surface area contributed by atoms with Crippen LogP contribution >= 0.6 is 11.3 Å². The molecular weight excluding hydrogens is 530 g/mol. The van der Waals surface area contributed by atoms with Gasteiger partial charge in [0.25, 0.3) is 0 Å². The molecule has 5 rings (SSSR count). The lowest BCUT2D eigenvalue weighted by atomic mass is 9.97. The van der Waals surface area contributed by atoms with Crippen molar-refractivity contribution in [2.24, 2.45) is 0 Å². The lowest BCUT2D eigenvalue weighted by Gasteiger charge is -2.26. The van der Waals surface area contributed by atoms with Crippen LogP contribution in [-0.4, -0.2) is 50.2 Å². The Morgan fingerprint density at radius 3 is 2.00 bits per heavy atom. The minimum atomic E-state index is -0.578. The molecular formula is C30H29N3O6S. The van der Waals surface area contributed by atoms with Gasteiger partial charge in [-0.05, 0) is 85.1 Å². The number of rotatable bonds is 7. The van der Waals surface area contributed by atoms with Crippen LogP contribution in [0.4, 0.5) is 9.59 Å². The van der Waals surface area contributed by atoms with E-state index in [1.165, 1.54) is 31.9 Å². The number of amides is 2. The molecule has 0 atom stereocenters. The van der Waals surface area contributed by atoms with Crippen LogP contribution in [-0.2, 0) is 0 Å². The number of hydrogen-bond acceptors (Lipinski definition) is 8. The molecule has 0 saturated carbocycles. The molecule has 0 aliphatic carbocycles. The summed E-state index contributed by atoms with van der Waals surface area (Å²) < 4.78 is 11.3. The van der Waals surface area contributed by atoms with Crippen molar-refractivity contribution in [3.63, 3.8) is 0 Å². The number of hydrogen-bond donors (Lipinski definition) is 2. The minimum absolute atomic E-state index is 0.142. The summed E-state index contributed by atoms with van der Waals surface area (Å²) in [7, 11) is 2.97. The fourth-order valence-electron chi connectivity index (χ4n) is 4.48. The first-order valence-corrected chi connectivity index (χ1v) is 13.8. The van der Waals surface area contributed by atoms with Gasteiger partial charge < -0.3 is 24.9 Å². The van der Waals surface area contributed by atoms with Gasteiger partial charge in [-0.15, -0.1) is 16.4 Å². The highest BCUT2D eigenvalue weighted by atomic mass is 32.1. The Morgan fingerprint density at radius 1 is 0.750 bits per heavy atom. The molecule has 0 bridgehead atoms. The standard InChI is InChI=1S/C30H29N3O6S/c1-31-29(35)37-21-10-8-20(9-11-21)28-26(24-15-14-23(18-25(24)40-28)38-30(36)32-2)27(34)19-6-12-22(13-7-19)39-33-16-4-3-5-17-33/h6-15,18H,3-5,16-17H2,1-2H3,(H,31,35)(H,32,36). The maximum absolute atomic E-state index is 14.0. The Kier molecular flexibility index (Phi) is 8.28. The molecule has 3 aromatic carbocycles. The zero-order valence-corrected chi connectivity index (χ0v) is 23.0. The van der Waals surface area contributed by atoms with Crippen LogP contribution in [0.2, 0.25) is 0 Å². The summed E-state index contributed by atoms with van der Waals surface area (Å²) in [6.45, 7) is 1.78. The van der Waals surface area contributed by atoms with Gasteiger partial charge in [-0.2, -0.15) is 0 Å². The second-order valence-corrected chi connectivity index (χ2v) is 10.3. The van der Waals surface area contributed by atoms with Gasteiger partial charge in [0.05, 0.1) is 0 Å². The van der Waals surface area contributed by atoms with Crippen molar-refractivity contribution in [2.75, 3.05) is 27.2 Å². The highest BCUT2D eigenvalue weighted by Crippen LogP contribution is 2.41. The van der Waals surface area contributed by atoms with Gasteiger partial charge in [-0.25, -0.2) is 9.59 Å². The molecule has 4 aromatic rings. The van der Waals surface area contributed by atoms with Crippen molar-refractivity contribution in [1.29, 1.82) is 0 Å². The fourth-order valence-corrected chi connectivity index (χ4v) is 5.71. The number of benzene rings is 3. The number of carbonyl (C=O) groups excluding carboxylic acids is 3. The average Bonchev–Trinajstić information content (AvgIpc) is 3.36. The quantitative estimate of drug-likeness (QED) is 0.267. The van der Waals surface area contributed by atoms with Crippen LogP contribution in [0.25, 0.3) is 20.5 Å². The molecule has 1 saturated heterocycles. The molecule has 1 aliphatic heterocycles. The van der Waals surface area contributed by atoms with E-state index < -0.39 is 12.2 Å². The van der Waals surface area contributed by atoms with E-state index in [9.17, 15) is 14.4 Å². The van der Waals surface area contributed by atoms with Crippen molar-refractivity contribution in [1.82, 2.24) is 15.7 Å². The predicted octanol–water partition coefficient (Wildman–Crippen LogP) is 6.02. The second-order valence-electron chi connectivity index (χ2n) is 9.20. The molecule has 10 heteroatoms. The summed E-state index contributed by atoms with van der Waals surface area (Å²) in [4.78, 5) is 44.0. The van der Waals surface area contributed by atoms with E-state index in [4.69, 9.17) is 14.3 Å². The first-order chi connectivity index (χ1) is 19.4. The van der Waals surface area contributed by atoms with Crippen molar-refractivity contribution in [3.8, 4) is 27.7 Å². The molecule has 1 aromatic heterocycles. The molecule has 1 fully saturated rings. The number of ketones is 1. The monoisotopic (exact) mass is 559 g/mol. The van der Waals surface area contributed by atoms with Crippen LogP contribution < -0.4 is 24.9 Å². The van der Waals surface area contributed by atoms with E-state index in [0.717, 1.165) is 46.5 Å². The first kappa shape index (κ1) is 27.2. The van der Waals surface area contributed by atoms with Gasteiger partial charge in [0.2, 0.25) is 0 Å². The molecule has 0 radical (unpaired) electrons. The molecule has 9 nitrogen and oxygen atoms in total. The van der Waals surface area contributed by atoms with Crippen LogP contribution in [0.15, 0.2) is 66.7 Å². The Balaban J connectivity index is 1.50. The number of hydroxylamine groups is 2. The summed E-state index contributed by atoms with van der Waals surface area (Å²) in [5.74, 6) is 1.29. The van der Waals surface area contributed by atoms with E-state index in [1.54, 1.807) is 54.6 Å². The summed E-state index contributed by atoms with van der Waals surface area (Å²) in [5.41, 5.74) is 1.85. The highest BCUT2D eigenvalue weighted by molar-refractivity contribution is 7.22. The summed E-state index contributed by atoms with van der Waals surface area (Å²) >= 11 is 1.42. The maximum atomic E-state index is 14.0. The van der Waals surface area contributed by atoms with Gasteiger partial charge in [0.1, 0.15) is 17.2 Å². The molecule has 2 N–H and O–H groups in total. The number of ether oxygens (including phenoxy) is 2. The van der Waals surface area contributed by atoms with Gasteiger partial charge in [-0.1, -0.05) is 6.42 Å². The zero-order valence-electron chi connectivity index (χ0n) is 22.2. The van der Waals surface area contributed by atoms with E-state index in [1.807, 2.05) is 17.2 Å². The Hall–Kier alpha value is -4.41. The summed E-state index contributed by atoms with van der Waals surface area (Å²) in [6.07, 6.45) is 2.29. The molecule has 2 amide bonds. The van der Waals surface area contributed by atoms with Gasteiger partial charge >= 0.3 is 12.2 Å². The molecule has 0 unspecified atom stereocenters. The molecule has 1 aliphatic rings. The van der Waals surface area contributed by atoms with Gasteiger partial charge in [0, 0.05) is 53.3 Å². The van der Waals surface area contributed by atoms with Crippen molar-refractivity contribution >= 4 is 39.4 Å². The van der Waals surface area contributed by atoms with E-state index >= 15 is 0 Å². The smallest absolute Gasteiger partial charge is 0.410 e. The number of fused-ring (bicyclic) bond motifs is 1. The molecule has 206 valence electrons. The highest BCUT2D eigenvalue weighted by Gasteiger charge is 2.23. The van der Waals surface area contributed by atoms with Crippen molar-refractivity contribution in [2.45, 2.75) is 19.3 Å². The SMILES string of the molecule is CNC(=O)Oc1ccc(-c2sc3cc(OC(=O)NC)ccc3c2C(=O)c2ccc(ON3CCCCC3)cc2)cc1. The predicted molar refractivity (Wildman–Crippen MR) is 153 cm³/mol. The zero-order chi connectivity index (χ0) is 28.1. The number of piperidine rings is 1. The normalized spacial score (nSPS) is 13.4. The minimum Gasteiger partial charge on any atom is -0.410 e. The van der Waals surface area contributed by atoms with E-state index in [2.05, 4.69) is 10.6 Å². The Morgan fingerprint density at radius 2 is 1.35 bits per heavy atom. The Bertz CT molecular complexity index is 1530. The van der Waals surface area contributed by atoms with Crippen LogP contribution in [0.3, 0.4) is 0 Å². The first-order valence-electron chi connectivity index (χ1n) is 13.0. The largest absolute Gasteiger partial charge is 0.412 e. The van der Waals surface area contributed by atoms with Crippen LogP contribution in [0.5, 0.6) is 17.2 Å². The topological polar surface area (TPSA) is 106 Å². The molecule has 0 spiro atoms. The van der Waals surface area contributed by atoms with Gasteiger partial charge in [0.15, 0.2) is 5.78 Å². The van der Waals surface area contributed by atoms with Crippen molar-refractivity contribution in [3.05, 3.63) is 77.9 Å². The summed E-state index contributed by atoms with van der Waals surface area (Å²) in [6, 6.07) is 19.3. The van der Waals surface area contributed by atoms with E-state index in [0.29, 0.717) is 28.4 Å². The number of nitrogens with one attached hydrogen (secondary N) is 2. The lowest BCUT2D eigenvalue weighted by Crippen LogP contribution is -2.32. The number of nitrogens with zero attached hydrogens (tertiary/aromatic N) is 1. The van der Waals surface area contributed by atoms with Gasteiger partial charge in [-0.3, -0.25) is 4.79 Å². The summed E-state index contributed by atoms with van der Waals surface area (Å²) in [5, 5.41) is 7.55. The lowest BCUT2D eigenvalue weighted by molar-refractivity contribution is -0.0720. The maximum Gasteiger partial charge on any atom is 0.412 e. The molecule has 2 heterocycles. The molecule has 40 heavy (non-hydrogen) atoms. The third-order valence-corrected chi connectivity index (χ3v) is 7.70. The van der Waals surface area contributed by atoms with Crippen LogP contribution in [0.1, 0.15) is 35.2 Å². The Labute approximate surface area is 235 Å². The second kappa shape index (κ2) is 12.2. The van der Waals surface area contributed by atoms with Crippen LogP contribution in [0, 0.1) is 0 Å². The third-order valence-electron chi connectivity index (χ3n) is 6.50. The fraction of sp³-hybridized carbons (Fsp3) is 0.233.